The van der Waals surface area contributed by atoms with Crippen molar-refractivity contribution >= 4 is 39.4 Å². The molecule has 0 bridgehead atoms. The third-order valence-electron chi connectivity index (χ3n) is 5.32. The second kappa shape index (κ2) is 6.47. The van der Waals surface area contributed by atoms with Crippen LogP contribution in [0, 0.1) is 13.8 Å². The molecule has 4 aromatic rings. The summed E-state index contributed by atoms with van der Waals surface area (Å²) >= 11 is 0. The van der Waals surface area contributed by atoms with Gasteiger partial charge in [0.25, 0.3) is 11.6 Å². The van der Waals surface area contributed by atoms with Crippen molar-refractivity contribution in [1.82, 2.24) is 20.1 Å². The molecule has 9 nitrogen and oxygen atoms in total. The van der Waals surface area contributed by atoms with Crippen molar-refractivity contribution in [2.75, 3.05) is 23.3 Å². The summed E-state index contributed by atoms with van der Waals surface area (Å²) in [5.41, 5.74) is 4.71. The fraction of sp³-hybridized carbons (Fsp3) is 0.300. The molecule has 5 rings (SSSR count). The highest BCUT2D eigenvalue weighted by atomic mass is 16.5. The molecule has 1 saturated heterocycles. The number of amides is 1. The molecule has 1 aliphatic rings. The van der Waals surface area contributed by atoms with Gasteiger partial charge in [-0.15, -0.1) is 0 Å². The summed E-state index contributed by atoms with van der Waals surface area (Å²) in [7, 11) is 0. The molecular weight excluding hydrogens is 372 g/mol. The zero-order valence-corrected chi connectivity index (χ0v) is 16.1. The number of aromatic amines is 2. The van der Waals surface area contributed by atoms with Crippen LogP contribution in [0.2, 0.25) is 0 Å². The SMILES string of the molecule is Cc1cc(C(=O)Nc2cc3[nH]c(=O)[nH]c3cc2N2CCCC2)c2c(C)noc2n1. The minimum Gasteiger partial charge on any atom is -0.370 e. The van der Waals surface area contributed by atoms with E-state index < -0.39 is 0 Å². The smallest absolute Gasteiger partial charge is 0.323 e. The van der Waals surface area contributed by atoms with E-state index in [1.54, 1.807) is 26.0 Å². The van der Waals surface area contributed by atoms with Crippen molar-refractivity contribution < 1.29 is 9.32 Å². The summed E-state index contributed by atoms with van der Waals surface area (Å²) in [5.74, 6) is -0.274. The van der Waals surface area contributed by atoms with Gasteiger partial charge in [0.1, 0.15) is 0 Å². The number of fused-ring (bicyclic) bond motifs is 2. The molecule has 3 aromatic heterocycles. The van der Waals surface area contributed by atoms with Crippen LogP contribution in [-0.2, 0) is 0 Å². The summed E-state index contributed by atoms with van der Waals surface area (Å²) < 4.78 is 5.24. The molecule has 4 heterocycles. The second-order valence-corrected chi connectivity index (χ2v) is 7.40. The number of aryl methyl sites for hydroxylation is 2. The van der Waals surface area contributed by atoms with Crippen LogP contribution >= 0.6 is 0 Å². The van der Waals surface area contributed by atoms with Crippen LogP contribution in [0.1, 0.15) is 34.6 Å². The van der Waals surface area contributed by atoms with Crippen molar-refractivity contribution in [3.05, 3.63) is 45.6 Å². The van der Waals surface area contributed by atoms with E-state index in [0.29, 0.717) is 44.8 Å². The average Bonchev–Trinajstić information content (AvgIpc) is 3.40. The van der Waals surface area contributed by atoms with E-state index in [1.807, 2.05) is 6.07 Å². The number of H-pyrrole nitrogens is 2. The van der Waals surface area contributed by atoms with E-state index >= 15 is 0 Å². The number of carbonyl (C=O) groups excluding carboxylic acids is 1. The zero-order valence-electron chi connectivity index (χ0n) is 16.1. The molecule has 1 amide bonds. The Hall–Kier alpha value is -3.62. The third-order valence-corrected chi connectivity index (χ3v) is 5.32. The first-order valence-corrected chi connectivity index (χ1v) is 9.55. The quantitative estimate of drug-likeness (QED) is 0.493. The van der Waals surface area contributed by atoms with Gasteiger partial charge in [0, 0.05) is 18.8 Å². The first-order chi connectivity index (χ1) is 14.0. The number of pyridine rings is 1. The second-order valence-electron chi connectivity index (χ2n) is 7.40. The van der Waals surface area contributed by atoms with Crippen LogP contribution < -0.4 is 15.9 Å². The van der Waals surface area contributed by atoms with Gasteiger partial charge < -0.3 is 24.7 Å². The lowest BCUT2D eigenvalue weighted by molar-refractivity contribution is 0.102. The fourth-order valence-electron chi connectivity index (χ4n) is 3.98. The molecule has 0 radical (unpaired) electrons. The van der Waals surface area contributed by atoms with Crippen molar-refractivity contribution in [3.63, 3.8) is 0 Å². The monoisotopic (exact) mass is 392 g/mol. The molecular formula is C20H20N6O3. The van der Waals surface area contributed by atoms with Crippen LogP contribution in [0.4, 0.5) is 11.4 Å². The predicted octanol–water partition coefficient (Wildman–Crippen LogP) is 2.86. The van der Waals surface area contributed by atoms with Crippen molar-refractivity contribution in [1.29, 1.82) is 0 Å². The van der Waals surface area contributed by atoms with Gasteiger partial charge in [-0.1, -0.05) is 5.16 Å². The highest BCUT2D eigenvalue weighted by molar-refractivity contribution is 6.14. The van der Waals surface area contributed by atoms with Gasteiger partial charge in [0.2, 0.25) is 0 Å². The number of imidazole rings is 1. The van der Waals surface area contributed by atoms with Gasteiger partial charge in [0.05, 0.1) is 39.1 Å². The number of rotatable bonds is 3. The topological polar surface area (TPSA) is 120 Å². The number of carbonyl (C=O) groups is 1. The number of anilines is 2. The molecule has 1 aliphatic heterocycles. The van der Waals surface area contributed by atoms with Crippen LogP contribution in [-0.4, -0.2) is 39.1 Å². The van der Waals surface area contributed by atoms with Crippen molar-refractivity contribution in [2.24, 2.45) is 0 Å². The lowest BCUT2D eigenvalue weighted by Crippen LogP contribution is -2.21. The van der Waals surface area contributed by atoms with Crippen LogP contribution in [0.25, 0.3) is 22.1 Å². The summed E-state index contributed by atoms with van der Waals surface area (Å²) in [5, 5.41) is 7.57. The lowest BCUT2D eigenvalue weighted by Gasteiger charge is -2.22. The Bertz CT molecular complexity index is 1310. The normalized spacial score (nSPS) is 14.2. The number of hydrogen-bond acceptors (Lipinski definition) is 6. The molecule has 1 aromatic carbocycles. The summed E-state index contributed by atoms with van der Waals surface area (Å²) in [6.07, 6.45) is 2.19. The Balaban J connectivity index is 1.61. The Morgan fingerprint density at radius 1 is 1.14 bits per heavy atom. The number of hydrogen-bond donors (Lipinski definition) is 3. The number of benzene rings is 1. The maximum atomic E-state index is 13.2. The minimum absolute atomic E-state index is 0.274. The highest BCUT2D eigenvalue weighted by Crippen LogP contribution is 2.33. The number of nitrogens with one attached hydrogen (secondary N) is 3. The summed E-state index contributed by atoms with van der Waals surface area (Å²) in [6.45, 7) is 5.41. The molecule has 0 spiro atoms. The lowest BCUT2D eigenvalue weighted by atomic mass is 10.1. The van der Waals surface area contributed by atoms with Crippen molar-refractivity contribution in [2.45, 2.75) is 26.7 Å². The van der Waals surface area contributed by atoms with Gasteiger partial charge in [-0.05, 0) is 44.9 Å². The predicted molar refractivity (Wildman–Crippen MR) is 110 cm³/mol. The minimum atomic E-state index is -0.276. The molecule has 0 atom stereocenters. The van der Waals surface area contributed by atoms with Crippen LogP contribution in [0.15, 0.2) is 27.5 Å². The maximum Gasteiger partial charge on any atom is 0.323 e. The van der Waals surface area contributed by atoms with Gasteiger partial charge in [-0.2, -0.15) is 0 Å². The molecule has 1 fully saturated rings. The highest BCUT2D eigenvalue weighted by Gasteiger charge is 2.22. The largest absolute Gasteiger partial charge is 0.370 e. The molecule has 0 unspecified atom stereocenters. The number of nitrogens with zero attached hydrogens (tertiary/aromatic N) is 3. The van der Waals surface area contributed by atoms with E-state index in [2.05, 4.69) is 30.3 Å². The van der Waals surface area contributed by atoms with E-state index in [-0.39, 0.29) is 11.6 Å². The Morgan fingerprint density at radius 2 is 1.86 bits per heavy atom. The van der Waals surface area contributed by atoms with Crippen LogP contribution in [0.3, 0.4) is 0 Å². The Labute approximate surface area is 165 Å². The summed E-state index contributed by atoms with van der Waals surface area (Å²) in [4.78, 5) is 37.0. The first kappa shape index (κ1) is 17.5. The first-order valence-electron chi connectivity index (χ1n) is 9.55. The van der Waals surface area contributed by atoms with Crippen molar-refractivity contribution in [3.8, 4) is 0 Å². The Morgan fingerprint density at radius 3 is 2.62 bits per heavy atom. The Kier molecular flexibility index (Phi) is 3.90. The van der Waals surface area contributed by atoms with E-state index in [4.69, 9.17) is 4.52 Å². The molecule has 148 valence electrons. The molecule has 0 saturated carbocycles. The van der Waals surface area contributed by atoms with E-state index in [0.717, 1.165) is 31.6 Å². The third kappa shape index (κ3) is 2.95. The van der Waals surface area contributed by atoms with Gasteiger partial charge in [0.15, 0.2) is 0 Å². The fourth-order valence-corrected chi connectivity index (χ4v) is 3.98. The average molecular weight is 392 g/mol. The van der Waals surface area contributed by atoms with Gasteiger partial charge in [-0.3, -0.25) is 4.79 Å². The molecule has 9 heteroatoms. The van der Waals surface area contributed by atoms with Crippen LogP contribution in [0.5, 0.6) is 0 Å². The van der Waals surface area contributed by atoms with E-state index in [9.17, 15) is 9.59 Å². The molecule has 0 aliphatic carbocycles. The molecule has 29 heavy (non-hydrogen) atoms. The maximum absolute atomic E-state index is 13.2. The van der Waals surface area contributed by atoms with Gasteiger partial charge in [-0.25, -0.2) is 9.78 Å². The standard InChI is InChI=1S/C20H20N6O3/c1-10-7-12(17-11(2)25-29-19(17)21-10)18(27)22-15-8-13-14(24-20(28)23-13)9-16(15)26-5-3-4-6-26/h7-9H,3-6H2,1-2H3,(H,22,27)(H2,23,24,28). The summed E-state index contributed by atoms with van der Waals surface area (Å²) in [6, 6.07) is 5.44. The molecule has 3 N–H and O–H groups in total. The number of aromatic nitrogens is 4. The van der Waals surface area contributed by atoms with E-state index in [1.165, 1.54) is 0 Å². The zero-order chi connectivity index (χ0) is 20.1. The van der Waals surface area contributed by atoms with Gasteiger partial charge >= 0.3 is 5.69 Å².